The molecule has 112 valence electrons. The largest absolute Gasteiger partial charge is 0.491 e. The Hall–Kier alpha value is -1.59. The molecule has 1 unspecified atom stereocenters. The normalized spacial score (nSPS) is 13.8. The van der Waals surface area contributed by atoms with E-state index in [1.54, 1.807) is 19.1 Å². The zero-order valence-corrected chi connectivity index (χ0v) is 12.1. The molecule has 0 aliphatic carbocycles. The molecule has 0 saturated heterocycles. The number of aliphatic carboxylic acids is 1. The molecule has 1 atom stereocenters. The Morgan fingerprint density at radius 3 is 2.50 bits per heavy atom. The summed E-state index contributed by atoms with van der Waals surface area (Å²) < 4.78 is 5.56. The van der Waals surface area contributed by atoms with Gasteiger partial charge in [0.05, 0.1) is 0 Å². The molecular weight excluding hydrogens is 258 g/mol. The van der Waals surface area contributed by atoms with Crippen molar-refractivity contribution in [3.8, 4) is 5.75 Å². The third-order valence-corrected chi connectivity index (χ3v) is 3.09. The highest BCUT2D eigenvalue weighted by Crippen LogP contribution is 2.15. The van der Waals surface area contributed by atoms with Crippen molar-refractivity contribution in [2.75, 3.05) is 19.8 Å². The van der Waals surface area contributed by atoms with Gasteiger partial charge in [-0.3, -0.25) is 10.1 Å². The summed E-state index contributed by atoms with van der Waals surface area (Å²) >= 11 is 0. The van der Waals surface area contributed by atoms with Gasteiger partial charge in [-0.25, -0.2) is 0 Å². The van der Waals surface area contributed by atoms with Crippen LogP contribution in [0.3, 0.4) is 0 Å². The number of aliphatic hydroxyl groups excluding tert-OH is 1. The van der Waals surface area contributed by atoms with Gasteiger partial charge in [-0.1, -0.05) is 19.1 Å². The first-order valence-corrected chi connectivity index (χ1v) is 6.83. The maximum absolute atomic E-state index is 11.3. The highest BCUT2D eigenvalue weighted by atomic mass is 16.5. The van der Waals surface area contributed by atoms with E-state index in [9.17, 15) is 9.90 Å². The average molecular weight is 281 g/mol. The number of rotatable bonds is 9. The smallest absolute Gasteiger partial charge is 0.327 e. The number of carbonyl (C=O) groups is 1. The summed E-state index contributed by atoms with van der Waals surface area (Å²) in [6.45, 7) is 4.39. The van der Waals surface area contributed by atoms with Crippen LogP contribution in [0.15, 0.2) is 24.3 Å². The molecule has 0 bridgehead atoms. The van der Waals surface area contributed by atoms with Crippen molar-refractivity contribution in [3.05, 3.63) is 29.8 Å². The molecule has 0 spiro atoms. The topological polar surface area (TPSA) is 78.8 Å². The molecule has 0 aromatic heterocycles. The minimum Gasteiger partial charge on any atom is -0.491 e. The Morgan fingerprint density at radius 2 is 2.00 bits per heavy atom. The fraction of sp³-hybridized carbons (Fsp3) is 0.533. The number of ether oxygens (including phenoxy) is 1. The molecule has 3 N–H and O–H groups in total. The highest BCUT2D eigenvalue weighted by Gasteiger charge is 2.33. The lowest BCUT2D eigenvalue weighted by Crippen LogP contribution is -2.54. The number of nitrogens with one attached hydrogen (secondary N) is 1. The molecule has 5 heteroatoms. The van der Waals surface area contributed by atoms with Crippen LogP contribution in [0.25, 0.3) is 0 Å². The molecule has 1 aromatic rings. The van der Waals surface area contributed by atoms with E-state index in [0.29, 0.717) is 18.7 Å². The van der Waals surface area contributed by atoms with Gasteiger partial charge >= 0.3 is 5.97 Å². The fourth-order valence-corrected chi connectivity index (χ4v) is 1.70. The molecule has 20 heavy (non-hydrogen) atoms. The van der Waals surface area contributed by atoms with Crippen LogP contribution >= 0.6 is 0 Å². The first kappa shape index (κ1) is 16.5. The average Bonchev–Trinajstić information content (AvgIpc) is 2.44. The Kier molecular flexibility index (Phi) is 6.48. The molecular formula is C15H23NO4. The van der Waals surface area contributed by atoms with E-state index in [0.717, 1.165) is 12.0 Å². The Balaban J connectivity index is 2.60. The summed E-state index contributed by atoms with van der Waals surface area (Å²) in [5.41, 5.74) is -0.0790. The molecule has 1 rings (SSSR count). The predicted molar refractivity (Wildman–Crippen MR) is 77.1 cm³/mol. The third kappa shape index (κ3) is 4.83. The second kappa shape index (κ2) is 7.87. The van der Waals surface area contributed by atoms with Crippen LogP contribution < -0.4 is 10.1 Å². The summed E-state index contributed by atoms with van der Waals surface area (Å²) in [6, 6.07) is 7.30. The monoisotopic (exact) mass is 281 g/mol. The zero-order chi connectivity index (χ0) is 15.0. The van der Waals surface area contributed by atoms with Crippen molar-refractivity contribution < 1.29 is 19.7 Å². The summed E-state index contributed by atoms with van der Waals surface area (Å²) in [4.78, 5) is 11.3. The van der Waals surface area contributed by atoms with Crippen LogP contribution in [0.1, 0.15) is 25.8 Å². The van der Waals surface area contributed by atoms with Crippen LogP contribution in [-0.2, 0) is 11.2 Å². The van der Waals surface area contributed by atoms with E-state index < -0.39 is 11.5 Å². The lowest BCUT2D eigenvalue weighted by molar-refractivity contribution is -0.145. The number of carboxylic acids is 1. The maximum Gasteiger partial charge on any atom is 0.327 e. The lowest BCUT2D eigenvalue weighted by Gasteiger charge is -2.26. The highest BCUT2D eigenvalue weighted by molar-refractivity contribution is 5.78. The number of hydrogen-bond donors (Lipinski definition) is 3. The van der Waals surface area contributed by atoms with Gasteiger partial charge in [0.1, 0.15) is 17.9 Å². The zero-order valence-electron chi connectivity index (χ0n) is 12.1. The second-order valence-corrected chi connectivity index (χ2v) is 4.97. The van der Waals surface area contributed by atoms with Crippen LogP contribution in [-0.4, -0.2) is 41.5 Å². The van der Waals surface area contributed by atoms with Gasteiger partial charge in [-0.05, 0) is 44.0 Å². The van der Waals surface area contributed by atoms with Crippen LogP contribution in [0.2, 0.25) is 0 Å². The van der Waals surface area contributed by atoms with Gasteiger partial charge in [0, 0.05) is 6.61 Å². The van der Waals surface area contributed by atoms with Gasteiger partial charge in [-0.15, -0.1) is 0 Å². The first-order valence-electron chi connectivity index (χ1n) is 6.83. The lowest BCUT2D eigenvalue weighted by atomic mass is 10.0. The van der Waals surface area contributed by atoms with Crippen LogP contribution in [0.5, 0.6) is 5.75 Å². The van der Waals surface area contributed by atoms with E-state index in [4.69, 9.17) is 9.84 Å². The molecule has 0 aliphatic rings. The summed E-state index contributed by atoms with van der Waals surface area (Å²) in [5.74, 6) is -0.305. The van der Waals surface area contributed by atoms with Crippen molar-refractivity contribution >= 4 is 5.97 Å². The number of aliphatic hydroxyl groups is 1. The SMILES string of the molecule is CCCNC(C)(COc1ccc(CCO)cc1)C(=O)O. The summed E-state index contributed by atoms with van der Waals surface area (Å²) in [5, 5.41) is 21.1. The number of hydrogen-bond acceptors (Lipinski definition) is 4. The maximum atomic E-state index is 11.3. The molecule has 0 saturated carbocycles. The van der Waals surface area contributed by atoms with Gasteiger partial charge in [0.15, 0.2) is 0 Å². The molecule has 5 nitrogen and oxygen atoms in total. The van der Waals surface area contributed by atoms with Gasteiger partial charge < -0.3 is 14.9 Å². The van der Waals surface area contributed by atoms with Gasteiger partial charge in [0.25, 0.3) is 0 Å². The van der Waals surface area contributed by atoms with E-state index in [2.05, 4.69) is 5.32 Å². The van der Waals surface area contributed by atoms with E-state index in [-0.39, 0.29) is 13.2 Å². The molecule has 0 amide bonds. The third-order valence-electron chi connectivity index (χ3n) is 3.09. The van der Waals surface area contributed by atoms with E-state index >= 15 is 0 Å². The molecule has 0 fully saturated rings. The van der Waals surface area contributed by atoms with E-state index in [1.807, 2.05) is 19.1 Å². The number of carboxylic acid groups (broad SMARTS) is 1. The Bertz CT molecular complexity index is 418. The Labute approximate surface area is 119 Å². The van der Waals surface area contributed by atoms with Crippen molar-refractivity contribution in [3.63, 3.8) is 0 Å². The molecule has 0 heterocycles. The van der Waals surface area contributed by atoms with Crippen molar-refractivity contribution in [2.24, 2.45) is 0 Å². The van der Waals surface area contributed by atoms with Crippen molar-refractivity contribution in [1.82, 2.24) is 5.32 Å². The summed E-state index contributed by atoms with van der Waals surface area (Å²) in [7, 11) is 0. The van der Waals surface area contributed by atoms with E-state index in [1.165, 1.54) is 0 Å². The minimum absolute atomic E-state index is 0.0572. The van der Waals surface area contributed by atoms with Crippen molar-refractivity contribution in [2.45, 2.75) is 32.2 Å². The Morgan fingerprint density at radius 1 is 1.35 bits per heavy atom. The minimum atomic E-state index is -1.10. The first-order chi connectivity index (χ1) is 9.51. The van der Waals surface area contributed by atoms with Crippen LogP contribution in [0.4, 0.5) is 0 Å². The second-order valence-electron chi connectivity index (χ2n) is 4.97. The molecule has 1 aromatic carbocycles. The van der Waals surface area contributed by atoms with Gasteiger partial charge in [-0.2, -0.15) is 0 Å². The fourth-order valence-electron chi connectivity index (χ4n) is 1.70. The summed E-state index contributed by atoms with van der Waals surface area (Å²) in [6.07, 6.45) is 1.46. The standard InChI is InChI=1S/C15H23NO4/c1-3-9-16-15(2,14(18)19)11-20-13-6-4-12(5-7-13)8-10-17/h4-7,16-17H,3,8-11H2,1-2H3,(H,18,19). The predicted octanol–water partition coefficient (Wildman–Crippen LogP) is 1.44. The molecule has 0 radical (unpaired) electrons. The number of benzene rings is 1. The van der Waals surface area contributed by atoms with Gasteiger partial charge in [0.2, 0.25) is 0 Å². The van der Waals surface area contributed by atoms with Crippen LogP contribution in [0, 0.1) is 0 Å². The quantitative estimate of drug-likeness (QED) is 0.638. The van der Waals surface area contributed by atoms with Crippen molar-refractivity contribution in [1.29, 1.82) is 0 Å². The molecule has 0 aliphatic heterocycles.